The molecule has 0 aliphatic rings. The molecule has 0 bridgehead atoms. The van der Waals surface area contributed by atoms with E-state index >= 15 is 0 Å². The van der Waals surface area contributed by atoms with Crippen molar-refractivity contribution >= 4 is 46.0 Å². The molecule has 1 rings (SSSR count). The highest BCUT2D eigenvalue weighted by Gasteiger charge is 1.95. The zero-order valence-corrected chi connectivity index (χ0v) is 6.69. The highest BCUT2D eigenvalue weighted by atomic mass is 35.5. The van der Waals surface area contributed by atoms with Crippen LogP contribution in [0.25, 0.3) is 0 Å². The molecule has 0 spiro atoms. The summed E-state index contributed by atoms with van der Waals surface area (Å²) in [7, 11) is 0. The zero-order valence-electron chi connectivity index (χ0n) is 4.30. The van der Waals surface area contributed by atoms with Gasteiger partial charge in [-0.05, 0) is 23.7 Å². The lowest BCUT2D eigenvalue weighted by atomic mass is 10.6. The van der Waals surface area contributed by atoms with E-state index in [-0.39, 0.29) is 0 Å². The van der Waals surface area contributed by atoms with E-state index in [1.807, 2.05) is 5.38 Å². The van der Waals surface area contributed by atoms with Gasteiger partial charge in [0.15, 0.2) is 0 Å². The molecule has 1 aromatic rings. The van der Waals surface area contributed by atoms with Crippen LogP contribution in [0.3, 0.4) is 0 Å². The van der Waals surface area contributed by atoms with Crippen molar-refractivity contribution in [3.05, 3.63) is 15.8 Å². The van der Waals surface area contributed by atoms with Crippen molar-refractivity contribution in [2.24, 2.45) is 4.99 Å². The molecule has 9 heavy (non-hydrogen) atoms. The number of hydrogen-bond acceptors (Lipinski definition) is 3. The van der Waals surface area contributed by atoms with Gasteiger partial charge in [-0.1, -0.05) is 11.6 Å². The summed E-state index contributed by atoms with van der Waals surface area (Å²) >= 11 is 11.5. The zero-order chi connectivity index (χ0) is 6.69. The summed E-state index contributed by atoms with van der Waals surface area (Å²) < 4.78 is 0.660. The van der Waals surface area contributed by atoms with Crippen LogP contribution in [-0.4, -0.2) is 5.16 Å². The fraction of sp³-hybridized carbons (Fsp3) is 0. The van der Waals surface area contributed by atoms with Gasteiger partial charge < -0.3 is 0 Å². The molecule has 0 atom stereocenters. The minimum absolute atomic E-state index is 0.660. The molecule has 1 heterocycles. The van der Waals surface area contributed by atoms with Crippen molar-refractivity contribution in [2.45, 2.75) is 0 Å². The first kappa shape index (κ1) is 6.90. The fourth-order valence-corrected chi connectivity index (χ4v) is 1.32. The lowest BCUT2D eigenvalue weighted by molar-refractivity contribution is 1.63. The molecule has 46 valence electrons. The van der Waals surface area contributed by atoms with Crippen molar-refractivity contribution < 1.29 is 0 Å². The molecule has 0 aromatic carbocycles. The Morgan fingerprint density at radius 3 is 3.00 bits per heavy atom. The normalized spacial score (nSPS) is 8.56. The van der Waals surface area contributed by atoms with Gasteiger partial charge in [-0.3, -0.25) is 0 Å². The maximum absolute atomic E-state index is 5.66. The molecule has 0 N–H and O–H groups in total. The number of isothiocyanates is 1. The van der Waals surface area contributed by atoms with E-state index in [1.54, 1.807) is 6.07 Å². The maximum Gasteiger partial charge on any atom is 0.119 e. The predicted octanol–water partition coefficient (Wildman–Crippen LogP) is 3.14. The van der Waals surface area contributed by atoms with Gasteiger partial charge in [-0.2, -0.15) is 4.99 Å². The predicted molar refractivity (Wildman–Crippen MR) is 44.0 cm³/mol. The lowest BCUT2D eigenvalue weighted by Gasteiger charge is -1.78. The Hall–Kier alpha value is -0.210. The van der Waals surface area contributed by atoms with Crippen LogP contribution < -0.4 is 0 Å². The van der Waals surface area contributed by atoms with E-state index in [2.05, 4.69) is 22.4 Å². The number of halogens is 1. The highest BCUT2D eigenvalue weighted by Crippen LogP contribution is 2.29. The first-order valence-electron chi connectivity index (χ1n) is 2.15. The summed E-state index contributed by atoms with van der Waals surface area (Å²) in [6.45, 7) is 0. The second-order valence-corrected chi connectivity index (χ2v) is 2.98. The van der Waals surface area contributed by atoms with Gasteiger partial charge in [0.25, 0.3) is 0 Å². The summed E-state index contributed by atoms with van der Waals surface area (Å²) in [6, 6.07) is 1.80. The minimum Gasteiger partial charge on any atom is -0.192 e. The molecule has 0 aliphatic carbocycles. The molecule has 1 aromatic heterocycles. The van der Waals surface area contributed by atoms with E-state index in [9.17, 15) is 0 Å². The average Bonchev–Trinajstić information content (AvgIpc) is 2.18. The van der Waals surface area contributed by atoms with Gasteiger partial charge >= 0.3 is 0 Å². The molecule has 0 saturated carbocycles. The van der Waals surface area contributed by atoms with E-state index in [1.165, 1.54) is 11.3 Å². The Balaban J connectivity index is 3.07. The quantitative estimate of drug-likeness (QED) is 0.472. The second-order valence-electron chi connectivity index (χ2n) is 1.28. The largest absolute Gasteiger partial charge is 0.192 e. The van der Waals surface area contributed by atoms with Crippen molar-refractivity contribution in [1.29, 1.82) is 0 Å². The molecule has 1 nitrogen and oxygen atoms in total. The standard InChI is InChI=1S/C5H2ClNS2/c6-5-4(7-3-8)1-2-9-5/h1-2H. The van der Waals surface area contributed by atoms with Crippen LogP contribution in [-0.2, 0) is 0 Å². The number of nitrogens with zero attached hydrogens (tertiary/aromatic N) is 1. The van der Waals surface area contributed by atoms with Crippen LogP contribution in [0.15, 0.2) is 16.4 Å². The molecule has 0 aliphatic heterocycles. The van der Waals surface area contributed by atoms with Crippen molar-refractivity contribution in [3.8, 4) is 0 Å². The molecule has 0 amide bonds. The Morgan fingerprint density at radius 1 is 1.78 bits per heavy atom. The summed E-state index contributed by atoms with van der Waals surface area (Å²) in [4.78, 5) is 3.71. The topological polar surface area (TPSA) is 12.4 Å². The smallest absolute Gasteiger partial charge is 0.119 e. The minimum atomic E-state index is 0.660. The van der Waals surface area contributed by atoms with Crippen LogP contribution >= 0.6 is 35.2 Å². The molecule has 0 unspecified atom stereocenters. The van der Waals surface area contributed by atoms with E-state index in [4.69, 9.17) is 11.6 Å². The summed E-state index contributed by atoms with van der Waals surface area (Å²) in [5.74, 6) is 0. The summed E-state index contributed by atoms with van der Waals surface area (Å²) in [5.41, 5.74) is 0.705. The Kier molecular flexibility index (Phi) is 2.37. The monoisotopic (exact) mass is 175 g/mol. The van der Waals surface area contributed by atoms with Crippen LogP contribution in [0.4, 0.5) is 5.69 Å². The average molecular weight is 176 g/mol. The van der Waals surface area contributed by atoms with Gasteiger partial charge in [0.2, 0.25) is 0 Å². The van der Waals surface area contributed by atoms with Crippen LogP contribution in [0.5, 0.6) is 0 Å². The number of hydrogen-bond donors (Lipinski definition) is 0. The van der Waals surface area contributed by atoms with Gasteiger partial charge in [-0.25, -0.2) is 0 Å². The number of thiophene rings is 1. The van der Waals surface area contributed by atoms with Crippen molar-refractivity contribution in [2.75, 3.05) is 0 Å². The van der Waals surface area contributed by atoms with Crippen LogP contribution in [0.1, 0.15) is 0 Å². The maximum atomic E-state index is 5.66. The van der Waals surface area contributed by atoms with Gasteiger partial charge in [0.1, 0.15) is 10.0 Å². The Labute approximate surface area is 67.0 Å². The summed E-state index contributed by atoms with van der Waals surface area (Å²) in [5, 5.41) is 4.10. The van der Waals surface area contributed by atoms with Gasteiger partial charge in [0.05, 0.1) is 5.16 Å². The van der Waals surface area contributed by atoms with Gasteiger partial charge in [0, 0.05) is 0 Å². The third kappa shape index (κ3) is 1.60. The SMILES string of the molecule is S=C=Nc1ccsc1Cl. The summed E-state index contributed by atoms with van der Waals surface area (Å²) in [6.07, 6.45) is 0. The molecule has 0 radical (unpaired) electrons. The van der Waals surface area contributed by atoms with Crippen LogP contribution in [0, 0.1) is 0 Å². The van der Waals surface area contributed by atoms with Gasteiger partial charge in [-0.15, -0.1) is 11.3 Å². The second kappa shape index (κ2) is 3.08. The molecule has 0 fully saturated rings. The van der Waals surface area contributed by atoms with Crippen molar-refractivity contribution in [3.63, 3.8) is 0 Å². The number of aliphatic imine (C=N–C) groups is 1. The first-order valence-corrected chi connectivity index (χ1v) is 3.82. The fourth-order valence-electron chi connectivity index (χ4n) is 0.414. The van der Waals surface area contributed by atoms with E-state index < -0.39 is 0 Å². The molecular weight excluding hydrogens is 174 g/mol. The van der Waals surface area contributed by atoms with E-state index in [0.717, 1.165) is 0 Å². The number of rotatable bonds is 1. The Morgan fingerprint density at radius 2 is 2.56 bits per heavy atom. The molecular formula is C5H2ClNS2. The number of thiocarbonyl (C=S) groups is 1. The highest BCUT2D eigenvalue weighted by molar-refractivity contribution is 7.78. The van der Waals surface area contributed by atoms with Crippen molar-refractivity contribution in [1.82, 2.24) is 0 Å². The van der Waals surface area contributed by atoms with Crippen LogP contribution in [0.2, 0.25) is 4.34 Å². The van der Waals surface area contributed by atoms with E-state index in [0.29, 0.717) is 10.0 Å². The third-order valence-corrected chi connectivity index (χ3v) is 2.01. The third-order valence-electron chi connectivity index (χ3n) is 0.765. The first-order chi connectivity index (χ1) is 4.34. The Bertz CT molecular complexity index is 249. The lowest BCUT2D eigenvalue weighted by Crippen LogP contribution is -1.50. The molecule has 4 heteroatoms. The molecule has 0 saturated heterocycles.